The molecule has 1 atom stereocenters. The molecule has 0 saturated carbocycles. The minimum Gasteiger partial charge on any atom is -0.437 e. The highest BCUT2D eigenvalue weighted by molar-refractivity contribution is 6.45. The van der Waals surface area contributed by atoms with Crippen molar-refractivity contribution in [1.82, 2.24) is 4.81 Å². The highest BCUT2D eigenvalue weighted by Crippen LogP contribution is 2.21. The topological polar surface area (TPSA) is 23.5 Å². The van der Waals surface area contributed by atoms with E-state index >= 15 is 0 Å². The van der Waals surface area contributed by atoms with E-state index in [-0.39, 0.29) is 7.05 Å². The molecular weight excluding hydrogens is 137 g/mol. The molecule has 1 aliphatic rings. The predicted octanol–water partition coefficient (Wildman–Crippen LogP) is 1.36. The Kier molecular flexibility index (Phi) is 3.40. The summed E-state index contributed by atoms with van der Waals surface area (Å²) in [5, 5.41) is 9.38. The Morgan fingerprint density at radius 1 is 1.64 bits per heavy atom. The first-order valence-electron chi connectivity index (χ1n) is 4.69. The van der Waals surface area contributed by atoms with Crippen molar-refractivity contribution in [3.63, 3.8) is 0 Å². The molecule has 3 heteroatoms. The molecule has 0 aliphatic carbocycles. The van der Waals surface area contributed by atoms with Crippen LogP contribution in [-0.4, -0.2) is 29.5 Å². The summed E-state index contributed by atoms with van der Waals surface area (Å²) in [5.74, 6) is 0. The van der Waals surface area contributed by atoms with Gasteiger partial charge in [0, 0.05) is 6.04 Å². The number of hydrogen-bond acceptors (Lipinski definition) is 2. The first-order chi connectivity index (χ1) is 5.25. The third kappa shape index (κ3) is 2.21. The van der Waals surface area contributed by atoms with Crippen molar-refractivity contribution >= 4 is 7.05 Å². The van der Waals surface area contributed by atoms with Gasteiger partial charge in [0.05, 0.1) is 0 Å². The predicted molar refractivity (Wildman–Crippen MR) is 48.5 cm³/mol. The van der Waals surface area contributed by atoms with Crippen LogP contribution in [0.4, 0.5) is 0 Å². The minimum atomic E-state index is -0.242. The summed E-state index contributed by atoms with van der Waals surface area (Å²) in [6.07, 6.45) is 5.01. The van der Waals surface area contributed by atoms with Gasteiger partial charge < -0.3 is 9.83 Å². The summed E-state index contributed by atoms with van der Waals surface area (Å²) in [5.41, 5.74) is 0. The van der Waals surface area contributed by atoms with E-state index in [0.717, 1.165) is 6.54 Å². The second kappa shape index (κ2) is 4.12. The molecule has 1 saturated heterocycles. The highest BCUT2D eigenvalue weighted by Gasteiger charge is 2.28. The molecule has 0 spiro atoms. The molecule has 1 fully saturated rings. The van der Waals surface area contributed by atoms with Crippen molar-refractivity contribution < 1.29 is 5.02 Å². The van der Waals surface area contributed by atoms with Crippen LogP contribution in [0.3, 0.4) is 0 Å². The van der Waals surface area contributed by atoms with Crippen LogP contribution >= 0.6 is 0 Å². The van der Waals surface area contributed by atoms with Crippen LogP contribution in [-0.2, 0) is 0 Å². The summed E-state index contributed by atoms with van der Waals surface area (Å²) < 4.78 is 0. The number of nitrogens with zero attached hydrogens (tertiary/aromatic N) is 1. The van der Waals surface area contributed by atoms with Gasteiger partial charge in [0.1, 0.15) is 0 Å². The Labute approximate surface area is 69.7 Å². The monoisotopic (exact) mass is 155 g/mol. The molecule has 0 aromatic carbocycles. The van der Waals surface area contributed by atoms with Gasteiger partial charge >= 0.3 is 7.05 Å². The molecule has 1 aliphatic heterocycles. The SMILES string of the molecule is CCCC1CCCN1B(C)O. The largest absolute Gasteiger partial charge is 0.437 e. The van der Waals surface area contributed by atoms with Crippen molar-refractivity contribution in [3.8, 4) is 0 Å². The van der Waals surface area contributed by atoms with Crippen LogP contribution in [0, 0.1) is 0 Å². The zero-order valence-corrected chi connectivity index (χ0v) is 7.58. The van der Waals surface area contributed by atoms with E-state index in [1.165, 1.54) is 25.7 Å². The second-order valence-electron chi connectivity index (χ2n) is 3.45. The molecule has 0 amide bonds. The van der Waals surface area contributed by atoms with Gasteiger partial charge in [-0.1, -0.05) is 13.3 Å². The van der Waals surface area contributed by atoms with Gasteiger partial charge in [0.25, 0.3) is 0 Å². The van der Waals surface area contributed by atoms with Gasteiger partial charge in [-0.15, -0.1) is 0 Å². The van der Waals surface area contributed by atoms with Gasteiger partial charge in [-0.05, 0) is 32.6 Å². The van der Waals surface area contributed by atoms with Crippen LogP contribution in [0.1, 0.15) is 32.6 Å². The maximum absolute atomic E-state index is 9.38. The van der Waals surface area contributed by atoms with Crippen LogP contribution < -0.4 is 0 Å². The summed E-state index contributed by atoms with van der Waals surface area (Å²) in [7, 11) is -0.242. The smallest absolute Gasteiger partial charge is 0.376 e. The van der Waals surface area contributed by atoms with E-state index in [1.54, 1.807) is 0 Å². The van der Waals surface area contributed by atoms with E-state index in [1.807, 2.05) is 6.82 Å². The van der Waals surface area contributed by atoms with Crippen LogP contribution in [0.15, 0.2) is 0 Å². The van der Waals surface area contributed by atoms with Crippen LogP contribution in [0.5, 0.6) is 0 Å². The molecule has 1 heterocycles. The fourth-order valence-corrected chi connectivity index (χ4v) is 1.99. The zero-order chi connectivity index (χ0) is 8.27. The van der Waals surface area contributed by atoms with Gasteiger partial charge in [-0.2, -0.15) is 0 Å². The second-order valence-corrected chi connectivity index (χ2v) is 3.45. The molecule has 0 radical (unpaired) electrons. The maximum atomic E-state index is 9.38. The molecular formula is C8H18BNO. The van der Waals surface area contributed by atoms with E-state index in [9.17, 15) is 5.02 Å². The molecule has 11 heavy (non-hydrogen) atoms. The lowest BCUT2D eigenvalue weighted by atomic mass is 9.83. The van der Waals surface area contributed by atoms with E-state index < -0.39 is 0 Å². The Morgan fingerprint density at radius 3 is 2.91 bits per heavy atom. The first kappa shape index (κ1) is 9.08. The van der Waals surface area contributed by atoms with Crippen LogP contribution in [0.25, 0.3) is 0 Å². The molecule has 0 aromatic heterocycles. The zero-order valence-electron chi connectivity index (χ0n) is 7.58. The molecule has 0 aromatic rings. The third-order valence-corrected chi connectivity index (χ3v) is 2.52. The first-order valence-corrected chi connectivity index (χ1v) is 4.69. The van der Waals surface area contributed by atoms with Crippen molar-refractivity contribution in [2.24, 2.45) is 0 Å². The highest BCUT2D eigenvalue weighted by atomic mass is 16.2. The van der Waals surface area contributed by atoms with Crippen molar-refractivity contribution in [2.75, 3.05) is 6.54 Å². The Bertz CT molecular complexity index is 119. The third-order valence-electron chi connectivity index (χ3n) is 2.52. The van der Waals surface area contributed by atoms with Crippen molar-refractivity contribution in [2.45, 2.75) is 45.5 Å². The molecule has 0 bridgehead atoms. The number of rotatable bonds is 3. The lowest BCUT2D eigenvalue weighted by Crippen LogP contribution is -2.40. The Hall–Kier alpha value is -0.0151. The standard InChI is InChI=1S/C8H18BNO/c1-3-5-8-6-4-7-10(8)9(2)11/h8,11H,3-7H2,1-2H3. The van der Waals surface area contributed by atoms with E-state index in [4.69, 9.17) is 0 Å². The average Bonchev–Trinajstić information content (AvgIpc) is 2.36. The maximum Gasteiger partial charge on any atom is 0.376 e. The lowest BCUT2D eigenvalue weighted by Gasteiger charge is -2.24. The fraction of sp³-hybridized carbons (Fsp3) is 1.00. The van der Waals surface area contributed by atoms with E-state index in [2.05, 4.69) is 11.7 Å². The summed E-state index contributed by atoms with van der Waals surface area (Å²) in [4.78, 5) is 2.21. The summed E-state index contributed by atoms with van der Waals surface area (Å²) in [6.45, 7) is 5.16. The Balaban J connectivity index is 2.37. The van der Waals surface area contributed by atoms with E-state index in [0.29, 0.717) is 6.04 Å². The van der Waals surface area contributed by atoms with Gasteiger partial charge in [0.2, 0.25) is 0 Å². The average molecular weight is 155 g/mol. The van der Waals surface area contributed by atoms with Gasteiger partial charge in [0.15, 0.2) is 0 Å². The van der Waals surface area contributed by atoms with Crippen LogP contribution in [0.2, 0.25) is 6.82 Å². The fourth-order valence-electron chi connectivity index (χ4n) is 1.99. The molecule has 1 rings (SSSR count). The number of hydrogen-bond donors (Lipinski definition) is 1. The molecule has 1 N–H and O–H groups in total. The minimum absolute atomic E-state index is 0.242. The van der Waals surface area contributed by atoms with Crippen molar-refractivity contribution in [3.05, 3.63) is 0 Å². The molecule has 1 unspecified atom stereocenters. The summed E-state index contributed by atoms with van der Waals surface area (Å²) >= 11 is 0. The Morgan fingerprint density at radius 2 is 2.36 bits per heavy atom. The van der Waals surface area contributed by atoms with Crippen molar-refractivity contribution in [1.29, 1.82) is 0 Å². The summed E-state index contributed by atoms with van der Waals surface area (Å²) in [6, 6.07) is 0.653. The van der Waals surface area contributed by atoms with Gasteiger partial charge in [-0.3, -0.25) is 0 Å². The molecule has 64 valence electrons. The quantitative estimate of drug-likeness (QED) is 0.622. The van der Waals surface area contributed by atoms with Gasteiger partial charge in [-0.25, -0.2) is 0 Å². The normalized spacial score (nSPS) is 25.9. The lowest BCUT2D eigenvalue weighted by molar-refractivity contribution is 0.329. The molecule has 2 nitrogen and oxygen atoms in total.